The Morgan fingerprint density at radius 1 is 0.312 bits per heavy atom. The molecular formula is C104H65N5O3. The number of benzene rings is 15. The van der Waals surface area contributed by atoms with Gasteiger partial charge in [-0.25, -0.2) is 9.97 Å². The highest BCUT2D eigenvalue weighted by atomic mass is 16.3. The molecule has 15 aromatic carbocycles. The van der Waals surface area contributed by atoms with Crippen LogP contribution in [0.5, 0.6) is 0 Å². The molecule has 6 aromatic heterocycles. The summed E-state index contributed by atoms with van der Waals surface area (Å²) in [5.74, 6) is 0.997. The molecule has 2 atom stereocenters. The molecular weight excluding hydrogens is 1370 g/mol. The smallest absolute Gasteiger partial charge is 0.160 e. The molecule has 7 heterocycles. The number of rotatable bonds is 10. The van der Waals surface area contributed by atoms with E-state index in [-0.39, 0.29) is 11.8 Å². The molecule has 0 radical (unpaired) electrons. The van der Waals surface area contributed by atoms with Gasteiger partial charge in [-0.05, 0) is 214 Å². The summed E-state index contributed by atoms with van der Waals surface area (Å²) in [7, 11) is 0. The van der Waals surface area contributed by atoms with Gasteiger partial charge in [0.25, 0.3) is 0 Å². The maximum absolute atomic E-state index is 6.25. The molecule has 0 saturated heterocycles. The lowest BCUT2D eigenvalue weighted by molar-refractivity contribution is 0.668. The van der Waals surface area contributed by atoms with Gasteiger partial charge in [-0.3, -0.25) is 0 Å². The molecule has 1 aliphatic heterocycles. The molecule has 8 heteroatoms. The van der Waals surface area contributed by atoms with Crippen LogP contribution in [0.4, 0.5) is 11.4 Å². The van der Waals surface area contributed by atoms with Gasteiger partial charge in [0.1, 0.15) is 33.5 Å². The van der Waals surface area contributed by atoms with Crippen molar-refractivity contribution in [3.63, 3.8) is 0 Å². The van der Waals surface area contributed by atoms with Crippen molar-refractivity contribution in [3.8, 4) is 78.5 Å². The molecule has 0 fully saturated rings. The summed E-state index contributed by atoms with van der Waals surface area (Å²) in [6.07, 6.45) is 13.3. The fourth-order valence-corrected chi connectivity index (χ4v) is 18.5. The topological polar surface area (TPSA) is 78.3 Å². The molecule has 3 aliphatic rings. The van der Waals surface area contributed by atoms with E-state index in [1.54, 1.807) is 0 Å². The normalized spacial score (nSPS) is 14.7. The van der Waals surface area contributed by atoms with E-state index in [0.717, 1.165) is 156 Å². The number of anilines is 2. The second-order valence-electron chi connectivity index (χ2n) is 30.2. The Bertz CT molecular complexity index is 7760. The molecule has 2 unspecified atom stereocenters. The van der Waals surface area contributed by atoms with Crippen LogP contribution in [-0.4, -0.2) is 19.1 Å². The van der Waals surface area contributed by atoms with Crippen molar-refractivity contribution in [2.24, 2.45) is 0 Å². The Labute approximate surface area is 642 Å². The van der Waals surface area contributed by atoms with Gasteiger partial charge in [-0.1, -0.05) is 212 Å². The number of hydrogen-bond donors (Lipinski definition) is 0. The van der Waals surface area contributed by atoms with Crippen LogP contribution in [0, 0.1) is 0 Å². The van der Waals surface area contributed by atoms with Crippen LogP contribution in [0.2, 0.25) is 0 Å². The third-order valence-electron chi connectivity index (χ3n) is 24.0. The van der Waals surface area contributed by atoms with Crippen LogP contribution in [0.3, 0.4) is 0 Å². The van der Waals surface area contributed by atoms with Gasteiger partial charge in [-0.2, -0.15) is 0 Å². The maximum atomic E-state index is 6.25. The molecule has 112 heavy (non-hydrogen) atoms. The van der Waals surface area contributed by atoms with E-state index in [9.17, 15) is 0 Å². The zero-order valence-corrected chi connectivity index (χ0v) is 60.6. The average molecular weight is 1430 g/mol. The Hall–Kier alpha value is -14.6. The molecule has 8 nitrogen and oxygen atoms in total. The minimum Gasteiger partial charge on any atom is -0.456 e. The Morgan fingerprint density at radius 2 is 0.723 bits per heavy atom. The number of hydrogen-bond acceptors (Lipinski definition) is 6. The first-order chi connectivity index (χ1) is 55.4. The minimum atomic E-state index is 0.0825. The van der Waals surface area contributed by atoms with Gasteiger partial charge in [0.2, 0.25) is 0 Å². The highest BCUT2D eigenvalue weighted by Crippen LogP contribution is 2.52. The lowest BCUT2D eigenvalue weighted by Gasteiger charge is -2.25. The standard InChI is InChI=1S/C104H65N5O3/c1-7-19-91-77(13-1)83-55-68(71-39-52-100-86(58-71)80-16-4-10-22-97(80)110-100)36-49-94(83)107(91)74-42-29-63(30-43-74)62-25-27-66(28-26-62)104-105-90-48-35-67(64-31-44-75(45-32-64)108-92-20-8-2-14-78(92)84-56-69(37-50-95(84)108)72-40-53-101-87(59-72)81-17-5-11-23-98(81)111-101)61-89(90)103(106-104)65-33-46-76(47-34-65)109-93-21-9-3-15-79(93)85-57-70(38-51-96(85)109)73-41-54-102-88(60-73)82-18-6-12-24-99(82)112-102/h1-14,16-34,36-61,67,79H,15,35H2. The predicted molar refractivity (Wildman–Crippen MR) is 460 cm³/mol. The van der Waals surface area contributed by atoms with E-state index < -0.39 is 0 Å². The summed E-state index contributed by atoms with van der Waals surface area (Å²) in [4.78, 5) is 13.5. The van der Waals surface area contributed by atoms with E-state index in [1.807, 2.05) is 36.4 Å². The van der Waals surface area contributed by atoms with Crippen molar-refractivity contribution in [3.05, 3.63) is 373 Å². The molecule has 524 valence electrons. The van der Waals surface area contributed by atoms with Crippen LogP contribution in [0.1, 0.15) is 35.8 Å². The first kappa shape index (κ1) is 62.4. The van der Waals surface area contributed by atoms with E-state index in [2.05, 4.69) is 336 Å². The van der Waals surface area contributed by atoms with Gasteiger partial charge < -0.3 is 27.3 Å². The largest absolute Gasteiger partial charge is 0.456 e. The monoisotopic (exact) mass is 1430 g/mol. The first-order valence-electron chi connectivity index (χ1n) is 38.6. The van der Waals surface area contributed by atoms with Crippen LogP contribution < -0.4 is 15.5 Å². The van der Waals surface area contributed by atoms with E-state index >= 15 is 0 Å². The third-order valence-corrected chi connectivity index (χ3v) is 24.0. The number of fused-ring (bicyclic) bond motifs is 19. The fourth-order valence-electron chi connectivity index (χ4n) is 18.5. The SMILES string of the molecule is C1=CCC2C(=C1)N(c1ccc(-c3nc(-c4ccc(-c5ccc(-n6c7ccccc7c7cc(-c8ccc9oc%10ccccc%10c9c8)ccc76)cc5)cc4)nc4c3=CC(c3ccc(-n5c6ccccc6c6cc(-c7ccc8oc9ccccc9c8c7)ccc65)cc3)CC=4)cc1)c1ccc(-c3ccc4oc5ccccc5c4c3)cc12. The van der Waals surface area contributed by atoms with E-state index in [4.69, 9.17) is 23.2 Å². The second-order valence-corrected chi connectivity index (χ2v) is 30.2. The zero-order chi connectivity index (χ0) is 73.2. The van der Waals surface area contributed by atoms with Crippen molar-refractivity contribution in [1.29, 1.82) is 0 Å². The molecule has 0 N–H and O–H groups in total. The molecule has 0 spiro atoms. The highest BCUT2D eigenvalue weighted by molar-refractivity contribution is 6.14. The quantitative estimate of drug-likeness (QED) is 0.136. The number of nitrogens with zero attached hydrogens (tertiary/aromatic N) is 5. The van der Waals surface area contributed by atoms with Gasteiger partial charge in [0.15, 0.2) is 5.82 Å². The lowest BCUT2D eigenvalue weighted by atomic mass is 9.90. The van der Waals surface area contributed by atoms with Gasteiger partial charge in [-0.15, -0.1) is 0 Å². The molecule has 21 aromatic rings. The highest BCUT2D eigenvalue weighted by Gasteiger charge is 2.36. The number of furan rings is 3. The van der Waals surface area contributed by atoms with E-state index in [0.29, 0.717) is 5.82 Å². The predicted octanol–water partition coefficient (Wildman–Crippen LogP) is 26.2. The van der Waals surface area contributed by atoms with Gasteiger partial charge in [0.05, 0.1) is 33.1 Å². The summed E-state index contributed by atoms with van der Waals surface area (Å²) in [6, 6.07) is 119. The van der Waals surface area contributed by atoms with Crippen LogP contribution in [-0.2, 0) is 0 Å². The molecule has 0 saturated carbocycles. The Balaban J connectivity index is 0.568. The lowest BCUT2D eigenvalue weighted by Crippen LogP contribution is -2.35. The van der Waals surface area contributed by atoms with Crippen molar-refractivity contribution < 1.29 is 13.3 Å². The summed E-state index contributed by atoms with van der Waals surface area (Å²) in [6.45, 7) is 0. The van der Waals surface area contributed by atoms with Gasteiger partial charge in [0, 0.05) is 110 Å². The fraction of sp³-hybridized carbons (Fsp3) is 0.0385. The maximum Gasteiger partial charge on any atom is 0.160 e. The summed E-state index contributed by atoms with van der Waals surface area (Å²) >= 11 is 0. The van der Waals surface area contributed by atoms with Crippen molar-refractivity contribution >= 4 is 133 Å². The van der Waals surface area contributed by atoms with E-state index in [1.165, 1.54) is 77.3 Å². The van der Waals surface area contributed by atoms with Crippen LogP contribution in [0.15, 0.2) is 365 Å². The van der Waals surface area contributed by atoms with Crippen molar-refractivity contribution in [2.75, 3.05) is 4.90 Å². The first-order valence-corrected chi connectivity index (χ1v) is 38.6. The van der Waals surface area contributed by atoms with Crippen LogP contribution in [0.25, 0.3) is 200 Å². The Kier molecular flexibility index (Phi) is 13.6. The number of allylic oxidation sites excluding steroid dienone is 4. The minimum absolute atomic E-state index is 0.0825. The Morgan fingerprint density at radius 3 is 1.27 bits per heavy atom. The summed E-state index contributed by atoms with van der Waals surface area (Å²) in [5, 5.41) is 13.6. The van der Waals surface area contributed by atoms with Crippen LogP contribution >= 0.6 is 0 Å². The van der Waals surface area contributed by atoms with Crippen molar-refractivity contribution in [2.45, 2.75) is 24.7 Å². The molecule has 2 aliphatic carbocycles. The third kappa shape index (κ3) is 9.81. The van der Waals surface area contributed by atoms with Crippen molar-refractivity contribution in [1.82, 2.24) is 19.1 Å². The zero-order valence-electron chi connectivity index (χ0n) is 60.6. The average Bonchev–Trinajstić information content (AvgIpc) is 1.57. The second kappa shape index (κ2) is 24.5. The number of para-hydroxylation sites is 5. The summed E-state index contributed by atoms with van der Waals surface area (Å²) < 4.78 is 23.5. The molecule has 24 rings (SSSR count). The van der Waals surface area contributed by atoms with Gasteiger partial charge >= 0.3 is 0 Å². The molecule has 0 bridgehead atoms. The summed E-state index contributed by atoms with van der Waals surface area (Å²) in [5.41, 5.74) is 30.6. The molecule has 0 amide bonds. The number of aromatic nitrogens is 4.